The number of fused-ring (bicyclic) bond motifs is 1. The van der Waals surface area contributed by atoms with E-state index in [9.17, 15) is 14.9 Å². The Labute approximate surface area is 146 Å². The molecule has 0 saturated carbocycles. The zero-order valence-electron chi connectivity index (χ0n) is 13.5. The van der Waals surface area contributed by atoms with Gasteiger partial charge in [0.2, 0.25) is 5.91 Å². The van der Waals surface area contributed by atoms with Crippen LogP contribution in [0.2, 0.25) is 0 Å². The molecule has 0 aliphatic carbocycles. The number of aryl methyl sites for hydroxylation is 2. The first kappa shape index (κ1) is 16.8. The molecular weight excluding hydrogens is 344 g/mol. The predicted molar refractivity (Wildman–Crippen MR) is 92.7 cm³/mol. The first-order valence-corrected chi connectivity index (χ1v) is 8.29. The fourth-order valence-electron chi connectivity index (χ4n) is 2.29. The number of nitro groups is 1. The van der Waals surface area contributed by atoms with Crippen LogP contribution >= 0.6 is 11.8 Å². The lowest BCUT2D eigenvalue weighted by Crippen LogP contribution is -2.14. The van der Waals surface area contributed by atoms with E-state index in [4.69, 9.17) is 0 Å². The molecule has 2 aromatic heterocycles. The zero-order valence-corrected chi connectivity index (χ0v) is 14.3. The van der Waals surface area contributed by atoms with Crippen molar-refractivity contribution >= 4 is 34.7 Å². The van der Waals surface area contributed by atoms with E-state index in [-0.39, 0.29) is 17.3 Å². The number of nitrogens with one attached hydrogen (secondary N) is 1. The number of hydrogen-bond acceptors (Lipinski definition) is 7. The Kier molecular flexibility index (Phi) is 4.61. The summed E-state index contributed by atoms with van der Waals surface area (Å²) in [6.45, 7) is 3.73. The van der Waals surface area contributed by atoms with Gasteiger partial charge in [0.1, 0.15) is 5.82 Å². The molecule has 0 radical (unpaired) electrons. The number of carbonyl (C=O) groups is 1. The molecule has 1 N–H and O–H groups in total. The third-order valence-electron chi connectivity index (χ3n) is 3.35. The maximum Gasteiger partial charge on any atom is 0.269 e. The number of carbonyl (C=O) groups excluding carboxylic acids is 1. The summed E-state index contributed by atoms with van der Waals surface area (Å²) in [5.74, 6) is 0.636. The monoisotopic (exact) mass is 358 g/mol. The first-order valence-electron chi connectivity index (χ1n) is 7.30. The van der Waals surface area contributed by atoms with E-state index >= 15 is 0 Å². The van der Waals surface area contributed by atoms with Crippen LogP contribution in [0.25, 0.3) is 5.65 Å². The molecule has 128 valence electrons. The largest absolute Gasteiger partial charge is 0.325 e. The molecule has 0 unspecified atom stereocenters. The predicted octanol–water partition coefficient (Wildman–Crippen LogP) is 2.38. The molecule has 0 bridgehead atoms. The van der Waals surface area contributed by atoms with Gasteiger partial charge in [-0.2, -0.15) is 0 Å². The van der Waals surface area contributed by atoms with Gasteiger partial charge in [-0.3, -0.25) is 19.3 Å². The number of anilines is 1. The van der Waals surface area contributed by atoms with Gasteiger partial charge in [0.15, 0.2) is 10.8 Å². The van der Waals surface area contributed by atoms with E-state index in [1.807, 2.05) is 19.9 Å². The second-order valence-corrected chi connectivity index (χ2v) is 6.20. The second-order valence-electron chi connectivity index (χ2n) is 5.26. The third-order valence-corrected chi connectivity index (χ3v) is 4.28. The van der Waals surface area contributed by atoms with Gasteiger partial charge >= 0.3 is 0 Å². The minimum Gasteiger partial charge on any atom is -0.325 e. The molecule has 25 heavy (non-hydrogen) atoms. The second kappa shape index (κ2) is 6.85. The van der Waals surface area contributed by atoms with Gasteiger partial charge in [0.25, 0.3) is 5.69 Å². The normalized spacial score (nSPS) is 10.8. The SMILES string of the molecule is Cc1cc2nnc(SCC(=O)Nc3ccc([N+](=O)[O-])cc3)n2c(C)n1. The van der Waals surface area contributed by atoms with E-state index in [1.54, 1.807) is 4.40 Å². The van der Waals surface area contributed by atoms with Crippen molar-refractivity contribution in [3.63, 3.8) is 0 Å². The molecule has 1 aromatic carbocycles. The lowest BCUT2D eigenvalue weighted by atomic mass is 10.3. The molecular formula is C15H14N6O3S. The van der Waals surface area contributed by atoms with Crippen LogP contribution in [-0.4, -0.2) is 36.2 Å². The van der Waals surface area contributed by atoms with Crippen LogP contribution in [0, 0.1) is 24.0 Å². The molecule has 10 heteroatoms. The zero-order chi connectivity index (χ0) is 18.0. The minimum atomic E-state index is -0.490. The molecule has 3 rings (SSSR count). The molecule has 2 heterocycles. The highest BCUT2D eigenvalue weighted by Crippen LogP contribution is 2.20. The average molecular weight is 358 g/mol. The molecule has 0 fully saturated rings. The van der Waals surface area contributed by atoms with Crippen molar-refractivity contribution in [2.45, 2.75) is 19.0 Å². The van der Waals surface area contributed by atoms with Crippen LogP contribution in [0.4, 0.5) is 11.4 Å². The van der Waals surface area contributed by atoms with Gasteiger partial charge in [-0.1, -0.05) is 11.8 Å². The van der Waals surface area contributed by atoms with Crippen molar-refractivity contribution in [2.24, 2.45) is 0 Å². The Morgan fingerprint density at radius 3 is 2.68 bits per heavy atom. The van der Waals surface area contributed by atoms with Gasteiger partial charge in [0, 0.05) is 29.6 Å². The summed E-state index contributed by atoms with van der Waals surface area (Å²) in [5, 5.41) is 22.1. The summed E-state index contributed by atoms with van der Waals surface area (Å²) in [4.78, 5) is 26.6. The number of amides is 1. The highest BCUT2D eigenvalue weighted by Gasteiger charge is 2.12. The number of benzene rings is 1. The molecule has 0 aliphatic heterocycles. The maximum absolute atomic E-state index is 12.1. The number of nitrogens with zero attached hydrogens (tertiary/aromatic N) is 5. The lowest BCUT2D eigenvalue weighted by molar-refractivity contribution is -0.384. The summed E-state index contributed by atoms with van der Waals surface area (Å²) in [5.41, 5.74) is 2.00. The summed E-state index contributed by atoms with van der Waals surface area (Å²) in [6, 6.07) is 7.48. The van der Waals surface area contributed by atoms with E-state index in [0.717, 1.165) is 11.5 Å². The van der Waals surface area contributed by atoms with Crippen LogP contribution in [0.3, 0.4) is 0 Å². The Hall–Kier alpha value is -3.01. The summed E-state index contributed by atoms with van der Waals surface area (Å²) in [7, 11) is 0. The van der Waals surface area contributed by atoms with Gasteiger partial charge in [0.05, 0.1) is 10.7 Å². The molecule has 0 spiro atoms. The molecule has 3 aromatic rings. The van der Waals surface area contributed by atoms with Crippen molar-refractivity contribution in [3.8, 4) is 0 Å². The topological polar surface area (TPSA) is 115 Å². The van der Waals surface area contributed by atoms with Gasteiger partial charge < -0.3 is 5.32 Å². The highest BCUT2D eigenvalue weighted by molar-refractivity contribution is 7.99. The fraction of sp³-hybridized carbons (Fsp3) is 0.200. The summed E-state index contributed by atoms with van der Waals surface area (Å²) >= 11 is 1.24. The van der Waals surface area contributed by atoms with Crippen molar-refractivity contribution in [2.75, 3.05) is 11.1 Å². The Bertz CT molecular complexity index is 954. The quantitative estimate of drug-likeness (QED) is 0.423. The third kappa shape index (κ3) is 3.74. The number of non-ortho nitro benzene ring substituents is 1. The van der Waals surface area contributed by atoms with Crippen molar-refractivity contribution < 1.29 is 9.72 Å². The average Bonchev–Trinajstić information content (AvgIpc) is 2.96. The minimum absolute atomic E-state index is 0.0272. The lowest BCUT2D eigenvalue weighted by Gasteiger charge is -2.05. The number of hydrogen-bond donors (Lipinski definition) is 1. The van der Waals surface area contributed by atoms with Gasteiger partial charge in [-0.05, 0) is 26.0 Å². The van der Waals surface area contributed by atoms with Crippen molar-refractivity contribution in [3.05, 3.63) is 52.0 Å². The van der Waals surface area contributed by atoms with E-state index in [0.29, 0.717) is 16.5 Å². The van der Waals surface area contributed by atoms with Crippen molar-refractivity contribution in [1.82, 2.24) is 19.6 Å². The van der Waals surface area contributed by atoms with Gasteiger partial charge in [-0.25, -0.2) is 4.98 Å². The van der Waals surface area contributed by atoms with Crippen molar-refractivity contribution in [1.29, 1.82) is 0 Å². The Morgan fingerprint density at radius 1 is 1.28 bits per heavy atom. The summed E-state index contributed by atoms with van der Waals surface area (Å²) in [6.07, 6.45) is 0. The van der Waals surface area contributed by atoms with Crippen LogP contribution in [0.15, 0.2) is 35.5 Å². The van der Waals surface area contributed by atoms with E-state index in [1.165, 1.54) is 36.0 Å². The molecule has 0 aliphatic rings. The maximum atomic E-state index is 12.1. The Balaban J connectivity index is 1.65. The molecule has 0 atom stereocenters. The molecule has 1 amide bonds. The number of nitro benzene ring substituents is 1. The number of thioether (sulfide) groups is 1. The van der Waals surface area contributed by atoms with E-state index < -0.39 is 4.92 Å². The summed E-state index contributed by atoms with van der Waals surface area (Å²) < 4.78 is 1.79. The molecule has 9 nitrogen and oxygen atoms in total. The smallest absolute Gasteiger partial charge is 0.269 e. The number of rotatable bonds is 5. The standard InChI is InChI=1S/C15H14N6O3S/c1-9-7-13-18-19-15(20(13)10(2)16-9)25-8-14(22)17-11-3-5-12(6-4-11)21(23)24/h3-7H,8H2,1-2H3,(H,17,22). The Morgan fingerprint density at radius 2 is 2.00 bits per heavy atom. The fourth-order valence-corrected chi connectivity index (χ4v) is 3.08. The highest BCUT2D eigenvalue weighted by atomic mass is 32.2. The first-order chi connectivity index (χ1) is 11.9. The van der Waals surface area contributed by atoms with Gasteiger partial charge in [-0.15, -0.1) is 10.2 Å². The number of aromatic nitrogens is 4. The van der Waals surface area contributed by atoms with Crippen LogP contribution in [0.1, 0.15) is 11.5 Å². The van der Waals surface area contributed by atoms with Crippen LogP contribution < -0.4 is 5.32 Å². The van der Waals surface area contributed by atoms with Crippen LogP contribution in [-0.2, 0) is 4.79 Å². The molecule has 0 saturated heterocycles. The van der Waals surface area contributed by atoms with Crippen LogP contribution in [0.5, 0.6) is 0 Å². The van der Waals surface area contributed by atoms with E-state index in [2.05, 4.69) is 20.5 Å².